The molecule has 0 saturated carbocycles. The number of unbranched alkanes of at least 4 members (excludes halogenated alkanes) is 2. The monoisotopic (exact) mass is 390 g/mol. The number of nitrogens with one attached hydrogen (secondary N) is 1. The molecule has 0 bridgehead atoms. The molecule has 136 valence electrons. The maximum absolute atomic E-state index is 8.61. The molecular weight excluding hydrogens is 371 g/mol. The Labute approximate surface area is 162 Å². The summed E-state index contributed by atoms with van der Waals surface area (Å²) in [5, 5.41) is 9.98. The van der Waals surface area contributed by atoms with Crippen LogP contribution >= 0.6 is 23.2 Å². The number of hydroxylamine groups is 1. The summed E-state index contributed by atoms with van der Waals surface area (Å²) in [5.74, 6) is 1.44. The molecule has 2 N–H and O–H groups in total. The van der Waals surface area contributed by atoms with Crippen LogP contribution in [0, 0.1) is 0 Å². The second-order valence-electron chi connectivity index (χ2n) is 6.02. The summed E-state index contributed by atoms with van der Waals surface area (Å²) in [4.78, 5) is 4.72. The molecule has 26 heavy (non-hydrogen) atoms. The van der Waals surface area contributed by atoms with Crippen LogP contribution in [0.3, 0.4) is 0 Å². The summed E-state index contributed by atoms with van der Waals surface area (Å²) in [5.41, 5.74) is 4.86. The number of nitrogens with zero attached hydrogens (tertiary/aromatic N) is 1. The van der Waals surface area contributed by atoms with E-state index >= 15 is 0 Å². The van der Waals surface area contributed by atoms with Gasteiger partial charge in [-0.2, -0.15) is 0 Å². The Morgan fingerprint density at radius 2 is 1.46 bits per heavy atom. The van der Waals surface area contributed by atoms with Gasteiger partial charge in [0.05, 0.1) is 0 Å². The van der Waals surface area contributed by atoms with E-state index in [0.717, 1.165) is 48.3 Å². The van der Waals surface area contributed by atoms with Crippen LogP contribution in [-0.4, -0.2) is 16.7 Å². The van der Waals surface area contributed by atoms with E-state index in [0.29, 0.717) is 22.5 Å². The molecule has 1 aromatic heterocycles. The first-order valence-electron chi connectivity index (χ1n) is 8.56. The molecule has 3 aromatic rings. The highest BCUT2D eigenvalue weighted by molar-refractivity contribution is 6.31. The third kappa shape index (κ3) is 4.86. The molecule has 0 fully saturated rings. The van der Waals surface area contributed by atoms with Gasteiger partial charge in [0.2, 0.25) is 0 Å². The van der Waals surface area contributed by atoms with Crippen molar-refractivity contribution in [1.29, 1.82) is 0 Å². The molecule has 0 aliphatic heterocycles. The lowest BCUT2D eigenvalue weighted by Gasteiger charge is -2.02. The summed E-state index contributed by atoms with van der Waals surface area (Å²) in [6.07, 6.45) is 3.59. The molecule has 3 rings (SSSR count). The lowest BCUT2D eigenvalue weighted by atomic mass is 10.1. The number of aromatic nitrogens is 1. The summed E-state index contributed by atoms with van der Waals surface area (Å²) in [6, 6.07) is 15.1. The average Bonchev–Trinajstić information content (AvgIpc) is 3.07. The molecule has 0 radical (unpaired) electrons. The number of halogens is 2. The van der Waals surface area contributed by atoms with E-state index in [-0.39, 0.29) is 0 Å². The largest absolute Gasteiger partial charge is 0.440 e. The molecule has 4 nitrogen and oxygen atoms in total. The smallest absolute Gasteiger partial charge is 0.195 e. The Kier molecular flexibility index (Phi) is 6.69. The van der Waals surface area contributed by atoms with Crippen molar-refractivity contribution in [1.82, 2.24) is 10.5 Å². The number of hydrogen-bond acceptors (Lipinski definition) is 4. The highest BCUT2D eigenvalue weighted by Gasteiger charge is 2.17. The Balaban J connectivity index is 1.87. The van der Waals surface area contributed by atoms with E-state index in [4.69, 9.17) is 37.8 Å². The van der Waals surface area contributed by atoms with Crippen LogP contribution in [-0.2, 0) is 6.42 Å². The van der Waals surface area contributed by atoms with Crippen molar-refractivity contribution in [2.75, 3.05) is 6.54 Å². The highest BCUT2D eigenvalue weighted by atomic mass is 35.5. The molecule has 0 atom stereocenters. The van der Waals surface area contributed by atoms with E-state index in [1.807, 2.05) is 48.5 Å². The van der Waals surface area contributed by atoms with Gasteiger partial charge < -0.3 is 9.62 Å². The molecule has 0 saturated heterocycles. The van der Waals surface area contributed by atoms with Crippen LogP contribution in [0.4, 0.5) is 0 Å². The van der Waals surface area contributed by atoms with Gasteiger partial charge in [0, 0.05) is 34.1 Å². The number of hydrogen-bond donors (Lipinski definition) is 2. The third-order valence-corrected chi connectivity index (χ3v) is 4.58. The van der Waals surface area contributed by atoms with Gasteiger partial charge in [0.15, 0.2) is 11.7 Å². The van der Waals surface area contributed by atoms with Crippen LogP contribution < -0.4 is 5.48 Å². The van der Waals surface area contributed by atoms with Gasteiger partial charge in [-0.1, -0.05) is 41.8 Å². The van der Waals surface area contributed by atoms with Gasteiger partial charge >= 0.3 is 0 Å². The molecule has 0 unspecified atom stereocenters. The zero-order valence-corrected chi connectivity index (χ0v) is 15.7. The molecule has 6 heteroatoms. The van der Waals surface area contributed by atoms with Gasteiger partial charge in [-0.05, 0) is 49.2 Å². The Hall–Kier alpha value is -1.85. The Morgan fingerprint density at radius 1 is 0.846 bits per heavy atom. The van der Waals surface area contributed by atoms with Crippen molar-refractivity contribution in [2.45, 2.75) is 25.7 Å². The topological polar surface area (TPSA) is 58.3 Å². The second kappa shape index (κ2) is 9.19. The summed E-state index contributed by atoms with van der Waals surface area (Å²) < 4.78 is 6.08. The SMILES string of the molecule is ONCCCCCc1nc(-c2ccc(Cl)cc2)c(-c2ccc(Cl)cc2)o1. The average molecular weight is 391 g/mol. The summed E-state index contributed by atoms with van der Waals surface area (Å²) in [7, 11) is 0. The standard InChI is InChI=1S/C20H20Cl2N2O2/c21-16-9-5-14(6-10-16)19-20(15-7-11-17(22)12-8-15)26-18(24-19)4-2-1-3-13-23-25/h5-12,23,25H,1-4,13H2. The van der Waals surface area contributed by atoms with E-state index in [1.54, 1.807) is 0 Å². The quantitative estimate of drug-likeness (QED) is 0.365. The predicted octanol–water partition coefficient (Wildman–Crippen LogP) is 6.01. The molecule has 0 spiro atoms. The van der Waals surface area contributed by atoms with Crippen molar-refractivity contribution in [3.8, 4) is 22.6 Å². The number of aryl methyl sites for hydroxylation is 1. The lowest BCUT2D eigenvalue weighted by Crippen LogP contribution is -2.08. The van der Waals surface area contributed by atoms with Gasteiger partial charge in [0.1, 0.15) is 5.69 Å². The maximum Gasteiger partial charge on any atom is 0.195 e. The van der Waals surface area contributed by atoms with Gasteiger partial charge in [-0.25, -0.2) is 10.5 Å². The second-order valence-corrected chi connectivity index (χ2v) is 6.89. The van der Waals surface area contributed by atoms with Crippen molar-refractivity contribution in [3.05, 3.63) is 64.5 Å². The van der Waals surface area contributed by atoms with E-state index < -0.39 is 0 Å². The maximum atomic E-state index is 8.61. The van der Waals surface area contributed by atoms with Crippen LogP contribution in [0.1, 0.15) is 25.2 Å². The van der Waals surface area contributed by atoms with E-state index in [2.05, 4.69) is 5.48 Å². The molecule has 0 aliphatic rings. The van der Waals surface area contributed by atoms with Gasteiger partial charge in [-0.3, -0.25) is 0 Å². The fourth-order valence-electron chi connectivity index (χ4n) is 2.73. The Bertz CT molecular complexity index is 767. The zero-order chi connectivity index (χ0) is 18.4. The first kappa shape index (κ1) is 18.9. The first-order chi connectivity index (χ1) is 12.7. The molecule has 2 aromatic carbocycles. The molecule has 1 heterocycles. The van der Waals surface area contributed by atoms with Crippen molar-refractivity contribution in [3.63, 3.8) is 0 Å². The van der Waals surface area contributed by atoms with Crippen LogP contribution in [0.5, 0.6) is 0 Å². The van der Waals surface area contributed by atoms with E-state index in [1.165, 1.54) is 0 Å². The molecule has 0 amide bonds. The summed E-state index contributed by atoms with van der Waals surface area (Å²) in [6.45, 7) is 0.595. The minimum absolute atomic E-state index is 0.595. The van der Waals surface area contributed by atoms with Gasteiger partial charge in [-0.15, -0.1) is 0 Å². The fourth-order valence-corrected chi connectivity index (χ4v) is 2.98. The van der Waals surface area contributed by atoms with Crippen molar-refractivity contribution in [2.24, 2.45) is 0 Å². The predicted molar refractivity (Wildman–Crippen MR) is 105 cm³/mol. The normalized spacial score (nSPS) is 11.0. The third-order valence-electron chi connectivity index (χ3n) is 4.07. The number of oxazole rings is 1. The number of rotatable bonds is 8. The van der Waals surface area contributed by atoms with Crippen molar-refractivity contribution >= 4 is 23.2 Å². The Morgan fingerprint density at radius 3 is 2.08 bits per heavy atom. The fraction of sp³-hybridized carbons (Fsp3) is 0.250. The molecule has 0 aliphatic carbocycles. The van der Waals surface area contributed by atoms with Crippen molar-refractivity contribution < 1.29 is 9.62 Å². The van der Waals surface area contributed by atoms with Crippen LogP contribution in [0.2, 0.25) is 10.0 Å². The summed E-state index contributed by atoms with van der Waals surface area (Å²) >= 11 is 12.0. The minimum atomic E-state index is 0.595. The van der Waals surface area contributed by atoms with Gasteiger partial charge in [0.25, 0.3) is 0 Å². The lowest BCUT2D eigenvalue weighted by molar-refractivity contribution is 0.164. The highest BCUT2D eigenvalue weighted by Crippen LogP contribution is 2.34. The number of benzene rings is 2. The zero-order valence-electron chi connectivity index (χ0n) is 14.2. The van der Waals surface area contributed by atoms with Crippen LogP contribution in [0.25, 0.3) is 22.6 Å². The van der Waals surface area contributed by atoms with Crippen LogP contribution in [0.15, 0.2) is 52.9 Å². The van der Waals surface area contributed by atoms with E-state index in [9.17, 15) is 0 Å². The first-order valence-corrected chi connectivity index (χ1v) is 9.31. The molecular formula is C20H20Cl2N2O2. The minimum Gasteiger partial charge on any atom is -0.440 e.